The van der Waals surface area contributed by atoms with Gasteiger partial charge in [-0.15, -0.1) is 0 Å². The molecule has 0 bridgehead atoms. The molecule has 10 nitrogen and oxygen atoms in total. The first kappa shape index (κ1) is 38.3. The Bertz CT molecular complexity index is 2290. The summed E-state index contributed by atoms with van der Waals surface area (Å²) in [5, 5.41) is -1.69. The van der Waals surface area contributed by atoms with Crippen molar-refractivity contribution in [1.29, 1.82) is 0 Å². The fraction of sp³-hybridized carbons (Fsp3) is 0.385. The van der Waals surface area contributed by atoms with Gasteiger partial charge in [0.2, 0.25) is 30.1 Å². The van der Waals surface area contributed by atoms with Crippen LogP contribution in [0.2, 0.25) is 0 Å². The van der Waals surface area contributed by atoms with E-state index in [4.69, 9.17) is 5.73 Å². The predicted octanol–water partition coefficient (Wildman–Crippen LogP) is 4.51. The van der Waals surface area contributed by atoms with Crippen LogP contribution in [0.1, 0.15) is 54.2 Å². The second kappa shape index (κ2) is 15.1. The highest BCUT2D eigenvalue weighted by atomic mass is 32.2. The summed E-state index contributed by atoms with van der Waals surface area (Å²) in [4.78, 5) is 0. The Morgan fingerprint density at radius 1 is 0.692 bits per heavy atom. The van der Waals surface area contributed by atoms with Crippen molar-refractivity contribution in [2.24, 2.45) is 5.73 Å². The van der Waals surface area contributed by atoms with Gasteiger partial charge < -0.3 is 5.73 Å². The Morgan fingerprint density at radius 2 is 1.21 bits per heavy atom. The maximum Gasteiger partial charge on any atom is 0.216 e. The summed E-state index contributed by atoms with van der Waals surface area (Å²) in [5.41, 5.74) is 15.9. The molecular weight excluding hydrogens is 717 g/mol. The highest BCUT2D eigenvalue weighted by Crippen LogP contribution is 2.33. The van der Waals surface area contributed by atoms with E-state index in [1.807, 2.05) is 60.7 Å². The summed E-state index contributed by atoms with van der Waals surface area (Å²) >= 11 is 0. The van der Waals surface area contributed by atoms with Crippen LogP contribution in [0.5, 0.6) is 0 Å². The second-order valence-electron chi connectivity index (χ2n) is 14.5. The number of hydrogen-bond donors (Lipinski definition) is 3. The van der Waals surface area contributed by atoms with Gasteiger partial charge in [-0.25, -0.2) is 34.7 Å². The Kier molecular flexibility index (Phi) is 11.1. The molecule has 0 fully saturated rings. The molecule has 4 aromatic rings. The van der Waals surface area contributed by atoms with Crippen LogP contribution < -0.4 is 15.2 Å². The first-order valence-corrected chi connectivity index (χ1v) is 22.5. The molecule has 0 radical (unpaired) electrons. The lowest BCUT2D eigenvalue weighted by atomic mass is 9.99. The fourth-order valence-electron chi connectivity index (χ4n) is 7.24. The standard InChI is InChI=1S/C39H48N4O6S3/c1-26(2)52(48,49)43(39-21-35-14-12-33(18-37(35)22-39)30-9-5-7-28(15-30)23-40)25-27(3)51(46,47)42-38-19-34-13-11-32(17-36(34)20-38)31-10-6-8-29(16-31)24-41-50(4,44)45/h5-18,26-27,38-39,41-42H,19-25,40H2,1-4H3. The molecule has 52 heavy (non-hydrogen) atoms. The maximum atomic E-state index is 13.8. The molecule has 2 aliphatic carbocycles. The monoisotopic (exact) mass is 764 g/mol. The molecule has 278 valence electrons. The molecule has 0 spiro atoms. The zero-order chi connectivity index (χ0) is 37.4. The van der Waals surface area contributed by atoms with Gasteiger partial charge in [0.15, 0.2) is 0 Å². The first-order valence-electron chi connectivity index (χ1n) is 17.6. The van der Waals surface area contributed by atoms with Crippen LogP contribution in [0, 0.1) is 0 Å². The van der Waals surface area contributed by atoms with Gasteiger partial charge in [0.25, 0.3) is 0 Å². The molecule has 6 rings (SSSR count). The van der Waals surface area contributed by atoms with Crippen LogP contribution in [0.3, 0.4) is 0 Å². The smallest absolute Gasteiger partial charge is 0.216 e. The molecule has 0 saturated heterocycles. The molecule has 0 aliphatic heterocycles. The van der Waals surface area contributed by atoms with Crippen LogP contribution in [0.15, 0.2) is 84.9 Å². The van der Waals surface area contributed by atoms with Gasteiger partial charge in [-0.1, -0.05) is 72.8 Å². The summed E-state index contributed by atoms with van der Waals surface area (Å²) in [6.45, 7) is 5.34. The molecule has 0 heterocycles. The van der Waals surface area contributed by atoms with E-state index in [1.165, 1.54) is 4.31 Å². The lowest BCUT2D eigenvalue weighted by molar-refractivity contribution is 0.323. The predicted molar refractivity (Wildman–Crippen MR) is 208 cm³/mol. The number of nitrogens with one attached hydrogen (secondary N) is 2. The number of fused-ring (bicyclic) bond motifs is 2. The van der Waals surface area contributed by atoms with Crippen LogP contribution in [-0.2, 0) is 68.8 Å². The van der Waals surface area contributed by atoms with E-state index >= 15 is 0 Å². The van der Waals surface area contributed by atoms with Crippen LogP contribution in [-0.4, -0.2) is 64.9 Å². The van der Waals surface area contributed by atoms with Crippen LogP contribution in [0.25, 0.3) is 22.3 Å². The number of benzene rings is 4. The number of sulfonamides is 3. The zero-order valence-electron chi connectivity index (χ0n) is 30.0. The van der Waals surface area contributed by atoms with Crippen molar-refractivity contribution in [3.05, 3.63) is 118 Å². The van der Waals surface area contributed by atoms with E-state index < -0.39 is 40.6 Å². The highest BCUT2D eigenvalue weighted by Gasteiger charge is 2.39. The number of rotatable bonds is 14. The molecule has 13 heteroatoms. The summed E-state index contributed by atoms with van der Waals surface area (Å²) < 4.78 is 85.2. The van der Waals surface area contributed by atoms with Gasteiger partial charge in [-0.2, -0.15) is 4.31 Å². The average molecular weight is 765 g/mol. The zero-order valence-corrected chi connectivity index (χ0v) is 32.5. The van der Waals surface area contributed by atoms with Crippen molar-refractivity contribution in [3.63, 3.8) is 0 Å². The lowest BCUT2D eigenvalue weighted by Crippen LogP contribution is -2.51. The van der Waals surface area contributed by atoms with Crippen molar-refractivity contribution in [2.45, 2.75) is 82.1 Å². The molecule has 2 aliphatic rings. The Hall–Kier alpha value is -3.43. The molecule has 3 atom stereocenters. The number of nitrogens with zero attached hydrogens (tertiary/aromatic N) is 1. The van der Waals surface area contributed by atoms with Gasteiger partial charge in [-0.05, 0) is 114 Å². The molecule has 4 N–H and O–H groups in total. The quantitative estimate of drug-likeness (QED) is 0.171. The Morgan fingerprint density at radius 3 is 1.81 bits per heavy atom. The van der Waals surface area contributed by atoms with E-state index in [9.17, 15) is 25.3 Å². The third-order valence-corrected chi connectivity index (χ3v) is 15.0. The van der Waals surface area contributed by atoms with Crippen molar-refractivity contribution in [3.8, 4) is 22.3 Å². The summed E-state index contributed by atoms with van der Waals surface area (Å²) in [5.74, 6) is 0. The topological polar surface area (TPSA) is 156 Å². The van der Waals surface area contributed by atoms with Gasteiger partial charge in [-0.3, -0.25) is 0 Å². The Balaban J connectivity index is 1.14. The van der Waals surface area contributed by atoms with Crippen LogP contribution in [0.4, 0.5) is 0 Å². The van der Waals surface area contributed by atoms with E-state index in [-0.39, 0.29) is 25.2 Å². The summed E-state index contributed by atoms with van der Waals surface area (Å²) in [6.07, 6.45) is 3.18. The summed E-state index contributed by atoms with van der Waals surface area (Å²) in [6, 6.07) is 27.3. The van der Waals surface area contributed by atoms with Gasteiger partial charge in [0.05, 0.1) is 16.8 Å². The SMILES string of the molecule is CC(CN(C1Cc2ccc(-c3cccc(CN)c3)cc2C1)S(=O)(=O)C(C)C)S(=O)(=O)NC1Cc2ccc(-c3cccc(CNS(C)(=O)=O)c3)cc2C1. The van der Waals surface area contributed by atoms with Gasteiger partial charge >= 0.3 is 0 Å². The lowest BCUT2D eigenvalue weighted by Gasteiger charge is -2.32. The number of hydrogen-bond acceptors (Lipinski definition) is 7. The van der Waals surface area contributed by atoms with Crippen LogP contribution >= 0.6 is 0 Å². The van der Waals surface area contributed by atoms with Crippen molar-refractivity contribution >= 4 is 30.1 Å². The molecule has 0 aromatic heterocycles. The first-order chi connectivity index (χ1) is 24.5. The minimum absolute atomic E-state index is 0.145. The van der Waals surface area contributed by atoms with E-state index in [1.54, 1.807) is 20.8 Å². The van der Waals surface area contributed by atoms with E-state index in [0.717, 1.165) is 61.9 Å². The Labute approximate surface area is 309 Å². The third-order valence-electron chi connectivity index (χ3n) is 10.2. The normalized spacial score (nSPS) is 18.1. The maximum absolute atomic E-state index is 13.8. The average Bonchev–Trinajstić information content (AvgIpc) is 3.71. The second-order valence-corrected chi connectivity index (χ2v) is 20.9. The highest BCUT2D eigenvalue weighted by molar-refractivity contribution is 7.90. The minimum atomic E-state index is -3.90. The van der Waals surface area contributed by atoms with Gasteiger partial charge in [0.1, 0.15) is 0 Å². The molecule has 3 unspecified atom stereocenters. The van der Waals surface area contributed by atoms with E-state index in [0.29, 0.717) is 32.2 Å². The molecule has 0 saturated carbocycles. The van der Waals surface area contributed by atoms with Crippen molar-refractivity contribution < 1.29 is 25.3 Å². The number of nitrogens with two attached hydrogens (primary N) is 1. The molecular formula is C39H48N4O6S3. The van der Waals surface area contributed by atoms with E-state index in [2.05, 4.69) is 33.7 Å². The fourth-order valence-corrected chi connectivity index (χ4v) is 10.5. The molecule has 4 aromatic carbocycles. The van der Waals surface area contributed by atoms with Crippen molar-refractivity contribution in [1.82, 2.24) is 13.7 Å². The third kappa shape index (κ3) is 8.68. The van der Waals surface area contributed by atoms with Gasteiger partial charge in [0, 0.05) is 31.7 Å². The van der Waals surface area contributed by atoms with Crippen molar-refractivity contribution in [2.75, 3.05) is 12.8 Å². The summed E-state index contributed by atoms with van der Waals surface area (Å²) in [7, 11) is -11.0. The minimum Gasteiger partial charge on any atom is -0.326 e. The largest absolute Gasteiger partial charge is 0.326 e. The molecule has 0 amide bonds.